The van der Waals surface area contributed by atoms with Gasteiger partial charge in [-0.15, -0.1) is 0 Å². The lowest BCUT2D eigenvalue weighted by molar-refractivity contribution is -0.158. The third-order valence-electron chi connectivity index (χ3n) is 3.84. The summed E-state index contributed by atoms with van der Waals surface area (Å²) in [6.07, 6.45) is 3.50. The normalized spacial score (nSPS) is 27.8. The van der Waals surface area contributed by atoms with E-state index in [4.69, 9.17) is 10.5 Å². The standard InChI is InChI=1S/C15H21NO2/c1-15(9-7-13(16)8-10-15)14(17)18-11-12-5-3-2-4-6-12/h2-6,13H,7-11,16H2,1H3. The van der Waals surface area contributed by atoms with Gasteiger partial charge >= 0.3 is 5.97 Å². The number of carbonyl (C=O) groups excluding carboxylic acids is 1. The zero-order valence-electron chi connectivity index (χ0n) is 10.9. The first-order valence-corrected chi connectivity index (χ1v) is 6.57. The van der Waals surface area contributed by atoms with E-state index in [1.165, 1.54) is 0 Å². The lowest BCUT2D eigenvalue weighted by Crippen LogP contribution is -2.38. The molecule has 0 aromatic heterocycles. The van der Waals surface area contributed by atoms with Crippen LogP contribution >= 0.6 is 0 Å². The number of ether oxygens (including phenoxy) is 1. The van der Waals surface area contributed by atoms with Gasteiger partial charge in [0, 0.05) is 6.04 Å². The second kappa shape index (κ2) is 5.53. The Morgan fingerprint density at radius 3 is 2.56 bits per heavy atom. The first kappa shape index (κ1) is 13.1. The minimum absolute atomic E-state index is 0.0850. The predicted octanol–water partition coefficient (Wildman–Crippen LogP) is 2.64. The Labute approximate surface area is 108 Å². The summed E-state index contributed by atoms with van der Waals surface area (Å²) in [6, 6.07) is 10.0. The van der Waals surface area contributed by atoms with Crippen molar-refractivity contribution >= 4 is 5.97 Å². The fourth-order valence-corrected chi connectivity index (χ4v) is 2.38. The van der Waals surface area contributed by atoms with Crippen LogP contribution in [0.3, 0.4) is 0 Å². The van der Waals surface area contributed by atoms with Crippen LogP contribution in [0.1, 0.15) is 38.2 Å². The monoisotopic (exact) mass is 247 g/mol. The van der Waals surface area contributed by atoms with Gasteiger partial charge in [0.2, 0.25) is 0 Å². The van der Waals surface area contributed by atoms with Crippen molar-refractivity contribution in [2.45, 2.75) is 45.3 Å². The highest BCUT2D eigenvalue weighted by Crippen LogP contribution is 2.36. The summed E-state index contributed by atoms with van der Waals surface area (Å²) >= 11 is 0. The molecule has 2 N–H and O–H groups in total. The fourth-order valence-electron chi connectivity index (χ4n) is 2.38. The molecule has 0 spiro atoms. The van der Waals surface area contributed by atoms with Crippen molar-refractivity contribution < 1.29 is 9.53 Å². The number of hydrogen-bond donors (Lipinski definition) is 1. The molecule has 2 rings (SSSR count). The van der Waals surface area contributed by atoms with Crippen molar-refractivity contribution in [1.29, 1.82) is 0 Å². The molecule has 0 heterocycles. The molecule has 0 atom stereocenters. The van der Waals surface area contributed by atoms with E-state index in [1.807, 2.05) is 37.3 Å². The van der Waals surface area contributed by atoms with Crippen LogP contribution in [0.15, 0.2) is 30.3 Å². The molecule has 0 unspecified atom stereocenters. The maximum atomic E-state index is 12.1. The Balaban J connectivity index is 1.88. The highest BCUT2D eigenvalue weighted by molar-refractivity contribution is 5.76. The van der Waals surface area contributed by atoms with Gasteiger partial charge in [-0.1, -0.05) is 30.3 Å². The van der Waals surface area contributed by atoms with Gasteiger partial charge in [-0.2, -0.15) is 0 Å². The maximum Gasteiger partial charge on any atom is 0.312 e. The van der Waals surface area contributed by atoms with Gasteiger partial charge in [-0.25, -0.2) is 0 Å². The number of rotatable bonds is 3. The molecule has 1 fully saturated rings. The molecule has 3 nitrogen and oxygen atoms in total. The number of hydrogen-bond acceptors (Lipinski definition) is 3. The van der Waals surface area contributed by atoms with E-state index in [0.29, 0.717) is 6.61 Å². The Hall–Kier alpha value is -1.35. The summed E-state index contributed by atoms with van der Waals surface area (Å²) in [4.78, 5) is 12.1. The van der Waals surface area contributed by atoms with Crippen molar-refractivity contribution in [1.82, 2.24) is 0 Å². The van der Waals surface area contributed by atoms with E-state index in [0.717, 1.165) is 31.2 Å². The molecular weight excluding hydrogens is 226 g/mol. The van der Waals surface area contributed by atoms with Crippen molar-refractivity contribution in [3.8, 4) is 0 Å². The third kappa shape index (κ3) is 3.10. The van der Waals surface area contributed by atoms with E-state index < -0.39 is 0 Å². The van der Waals surface area contributed by atoms with E-state index >= 15 is 0 Å². The molecule has 1 aliphatic carbocycles. The molecule has 1 aromatic carbocycles. The Morgan fingerprint density at radius 1 is 1.33 bits per heavy atom. The Bertz CT molecular complexity index is 394. The van der Waals surface area contributed by atoms with Crippen LogP contribution in [-0.2, 0) is 16.1 Å². The molecule has 98 valence electrons. The number of nitrogens with two attached hydrogens (primary N) is 1. The summed E-state index contributed by atoms with van der Waals surface area (Å²) in [5.74, 6) is -0.0850. The van der Waals surface area contributed by atoms with Gasteiger partial charge < -0.3 is 10.5 Å². The van der Waals surface area contributed by atoms with Gasteiger partial charge in [0.05, 0.1) is 5.41 Å². The summed E-state index contributed by atoms with van der Waals surface area (Å²) in [5.41, 5.74) is 6.56. The highest BCUT2D eigenvalue weighted by Gasteiger charge is 2.38. The predicted molar refractivity (Wildman–Crippen MR) is 70.8 cm³/mol. The van der Waals surface area contributed by atoms with Gasteiger partial charge in [0.25, 0.3) is 0 Å². The van der Waals surface area contributed by atoms with E-state index in [9.17, 15) is 4.79 Å². The third-order valence-corrected chi connectivity index (χ3v) is 3.84. The van der Waals surface area contributed by atoms with Crippen molar-refractivity contribution in [2.75, 3.05) is 0 Å². The van der Waals surface area contributed by atoms with Gasteiger partial charge in [-0.05, 0) is 38.2 Å². The van der Waals surface area contributed by atoms with E-state index in [2.05, 4.69) is 0 Å². The van der Waals surface area contributed by atoms with Crippen LogP contribution < -0.4 is 5.73 Å². The van der Waals surface area contributed by atoms with Gasteiger partial charge in [0.15, 0.2) is 0 Å². The molecule has 0 aliphatic heterocycles. The van der Waals surface area contributed by atoms with Crippen LogP contribution in [0.25, 0.3) is 0 Å². The topological polar surface area (TPSA) is 52.3 Å². The Kier molecular flexibility index (Phi) is 4.02. The average Bonchev–Trinajstić information content (AvgIpc) is 2.41. The van der Waals surface area contributed by atoms with Gasteiger partial charge in [-0.3, -0.25) is 4.79 Å². The summed E-state index contributed by atoms with van der Waals surface area (Å²) in [7, 11) is 0. The van der Waals surface area contributed by atoms with Crippen molar-refractivity contribution in [3.05, 3.63) is 35.9 Å². The molecule has 3 heteroatoms. The first-order chi connectivity index (χ1) is 8.60. The zero-order valence-corrected chi connectivity index (χ0v) is 10.9. The smallest absolute Gasteiger partial charge is 0.312 e. The van der Waals surface area contributed by atoms with Crippen LogP contribution in [0.5, 0.6) is 0 Å². The molecule has 0 bridgehead atoms. The molecule has 18 heavy (non-hydrogen) atoms. The average molecular weight is 247 g/mol. The molecule has 1 saturated carbocycles. The number of benzene rings is 1. The van der Waals surface area contributed by atoms with E-state index in [-0.39, 0.29) is 17.4 Å². The molecule has 1 aromatic rings. The van der Waals surface area contributed by atoms with Crippen molar-refractivity contribution in [2.24, 2.45) is 11.1 Å². The van der Waals surface area contributed by atoms with Gasteiger partial charge in [0.1, 0.15) is 6.61 Å². The zero-order chi connectivity index (χ0) is 13.0. The van der Waals surface area contributed by atoms with E-state index in [1.54, 1.807) is 0 Å². The van der Waals surface area contributed by atoms with Crippen molar-refractivity contribution in [3.63, 3.8) is 0 Å². The number of esters is 1. The van der Waals surface area contributed by atoms with Crippen LogP contribution in [0.2, 0.25) is 0 Å². The van der Waals surface area contributed by atoms with Crippen LogP contribution in [0, 0.1) is 5.41 Å². The quantitative estimate of drug-likeness (QED) is 0.835. The molecule has 0 saturated heterocycles. The highest BCUT2D eigenvalue weighted by atomic mass is 16.5. The second-order valence-electron chi connectivity index (χ2n) is 5.46. The Morgan fingerprint density at radius 2 is 1.94 bits per heavy atom. The summed E-state index contributed by atoms with van der Waals surface area (Å²) in [5, 5.41) is 0. The molecular formula is C15H21NO2. The second-order valence-corrected chi connectivity index (χ2v) is 5.46. The SMILES string of the molecule is CC1(C(=O)OCc2ccccc2)CCC(N)CC1. The lowest BCUT2D eigenvalue weighted by atomic mass is 9.74. The first-order valence-electron chi connectivity index (χ1n) is 6.57. The molecule has 0 radical (unpaired) electrons. The largest absolute Gasteiger partial charge is 0.460 e. The summed E-state index contributed by atoms with van der Waals surface area (Å²) < 4.78 is 5.43. The van der Waals surface area contributed by atoms with Crippen LogP contribution in [0.4, 0.5) is 0 Å². The number of carbonyl (C=O) groups is 1. The lowest BCUT2D eigenvalue weighted by Gasteiger charge is -2.33. The molecule has 1 aliphatic rings. The fraction of sp³-hybridized carbons (Fsp3) is 0.533. The minimum Gasteiger partial charge on any atom is -0.460 e. The minimum atomic E-state index is -0.343. The summed E-state index contributed by atoms with van der Waals surface area (Å²) in [6.45, 7) is 2.35. The maximum absolute atomic E-state index is 12.1. The van der Waals surface area contributed by atoms with Crippen LogP contribution in [-0.4, -0.2) is 12.0 Å². The molecule has 0 amide bonds.